The van der Waals surface area contributed by atoms with Crippen LogP contribution in [-0.4, -0.2) is 43.0 Å². The average Bonchev–Trinajstić information content (AvgIpc) is 2.34. The maximum absolute atomic E-state index is 11.9. The largest absolute Gasteiger partial charge is 0.354 e. The molecule has 0 aromatic heterocycles. The second-order valence-corrected chi connectivity index (χ2v) is 6.47. The van der Waals surface area contributed by atoms with E-state index in [0.29, 0.717) is 5.92 Å². The minimum Gasteiger partial charge on any atom is -0.354 e. The van der Waals surface area contributed by atoms with Gasteiger partial charge in [-0.05, 0) is 43.8 Å². The highest BCUT2D eigenvalue weighted by atomic mass is 16.2. The van der Waals surface area contributed by atoms with Crippen LogP contribution in [0.15, 0.2) is 0 Å². The van der Waals surface area contributed by atoms with E-state index in [-0.39, 0.29) is 11.3 Å². The number of rotatable bonds is 4. The van der Waals surface area contributed by atoms with E-state index in [4.69, 9.17) is 5.73 Å². The summed E-state index contributed by atoms with van der Waals surface area (Å²) in [6.07, 6.45) is 2.36. The first kappa shape index (κ1) is 15.4. The molecule has 1 amide bonds. The van der Waals surface area contributed by atoms with Gasteiger partial charge >= 0.3 is 0 Å². The number of hydrogen-bond acceptors (Lipinski definition) is 3. The summed E-state index contributed by atoms with van der Waals surface area (Å²) in [5.74, 6) is 0.601. The highest BCUT2D eigenvalue weighted by Gasteiger charge is 2.28. The van der Waals surface area contributed by atoms with E-state index < -0.39 is 6.04 Å². The number of piperidine rings is 1. The van der Waals surface area contributed by atoms with Gasteiger partial charge < -0.3 is 16.0 Å². The van der Waals surface area contributed by atoms with Gasteiger partial charge in [0, 0.05) is 6.54 Å². The lowest BCUT2D eigenvalue weighted by Gasteiger charge is -2.32. The van der Waals surface area contributed by atoms with Crippen LogP contribution in [0, 0.1) is 11.3 Å². The van der Waals surface area contributed by atoms with Crippen LogP contribution in [0.4, 0.5) is 0 Å². The van der Waals surface area contributed by atoms with Crippen LogP contribution in [0.5, 0.6) is 0 Å². The van der Waals surface area contributed by atoms with E-state index in [9.17, 15) is 4.79 Å². The van der Waals surface area contributed by atoms with Gasteiger partial charge in [0.25, 0.3) is 0 Å². The van der Waals surface area contributed by atoms with Crippen LogP contribution >= 0.6 is 0 Å². The number of carbonyl (C=O) groups excluding carboxylic acids is 1. The Balaban J connectivity index is 2.27. The Bertz CT molecular complexity index is 265. The fourth-order valence-corrected chi connectivity index (χ4v) is 2.25. The molecule has 0 aromatic carbocycles. The molecule has 0 aromatic rings. The molecule has 1 heterocycles. The molecule has 18 heavy (non-hydrogen) atoms. The molecule has 106 valence electrons. The second kappa shape index (κ2) is 6.53. The van der Waals surface area contributed by atoms with E-state index in [1.165, 1.54) is 12.8 Å². The third kappa shape index (κ3) is 4.58. The van der Waals surface area contributed by atoms with E-state index in [1.807, 2.05) is 20.8 Å². The lowest BCUT2D eigenvalue weighted by atomic mass is 9.86. The SMILES string of the molecule is CCN1CCC(CNC(=O)[C@H](N)C(C)(C)C)CC1. The molecule has 1 aliphatic heterocycles. The predicted molar refractivity (Wildman–Crippen MR) is 75.3 cm³/mol. The van der Waals surface area contributed by atoms with Gasteiger partial charge in [-0.15, -0.1) is 0 Å². The van der Waals surface area contributed by atoms with Gasteiger partial charge in [0.2, 0.25) is 5.91 Å². The molecule has 0 bridgehead atoms. The summed E-state index contributed by atoms with van der Waals surface area (Å²) < 4.78 is 0. The zero-order chi connectivity index (χ0) is 13.8. The molecule has 1 rings (SSSR count). The number of nitrogens with one attached hydrogen (secondary N) is 1. The first-order valence-electron chi connectivity index (χ1n) is 7.10. The highest BCUT2D eigenvalue weighted by Crippen LogP contribution is 2.18. The fraction of sp³-hybridized carbons (Fsp3) is 0.929. The normalized spacial score (nSPS) is 20.7. The highest BCUT2D eigenvalue weighted by molar-refractivity contribution is 5.82. The van der Waals surface area contributed by atoms with Crippen molar-refractivity contribution in [2.45, 2.75) is 46.6 Å². The van der Waals surface area contributed by atoms with E-state index >= 15 is 0 Å². The fourth-order valence-electron chi connectivity index (χ4n) is 2.25. The molecule has 0 aliphatic carbocycles. The van der Waals surface area contributed by atoms with Crippen molar-refractivity contribution >= 4 is 5.91 Å². The monoisotopic (exact) mass is 255 g/mol. The Morgan fingerprint density at radius 2 is 1.94 bits per heavy atom. The molecule has 1 aliphatic rings. The minimum absolute atomic E-state index is 0.0135. The van der Waals surface area contributed by atoms with Crippen LogP contribution in [0.2, 0.25) is 0 Å². The number of nitrogens with zero attached hydrogens (tertiary/aromatic N) is 1. The quantitative estimate of drug-likeness (QED) is 0.794. The molecule has 0 unspecified atom stereocenters. The van der Waals surface area contributed by atoms with Crippen LogP contribution in [0.1, 0.15) is 40.5 Å². The van der Waals surface area contributed by atoms with Gasteiger partial charge in [-0.2, -0.15) is 0 Å². The Kier molecular flexibility index (Phi) is 5.60. The molecule has 0 spiro atoms. The van der Waals surface area contributed by atoms with Crippen molar-refractivity contribution in [2.75, 3.05) is 26.2 Å². The standard InChI is InChI=1S/C14H29N3O/c1-5-17-8-6-11(7-9-17)10-16-13(18)12(15)14(2,3)4/h11-12H,5-10,15H2,1-4H3,(H,16,18)/t12-/m0/s1. The van der Waals surface area contributed by atoms with Gasteiger partial charge in [-0.1, -0.05) is 27.7 Å². The van der Waals surface area contributed by atoms with Crippen molar-refractivity contribution in [3.8, 4) is 0 Å². The molecule has 4 heteroatoms. The maximum atomic E-state index is 11.9. The summed E-state index contributed by atoms with van der Waals surface area (Å²) in [6.45, 7) is 12.4. The predicted octanol–water partition coefficient (Wildman–Crippen LogP) is 1.21. The summed E-state index contributed by atoms with van der Waals surface area (Å²) in [6, 6.07) is -0.423. The summed E-state index contributed by atoms with van der Waals surface area (Å²) in [4.78, 5) is 14.4. The van der Waals surface area contributed by atoms with Crippen LogP contribution < -0.4 is 11.1 Å². The molecule has 1 atom stereocenters. The van der Waals surface area contributed by atoms with Crippen molar-refractivity contribution < 1.29 is 4.79 Å². The van der Waals surface area contributed by atoms with Gasteiger partial charge in [0.05, 0.1) is 6.04 Å². The lowest BCUT2D eigenvalue weighted by molar-refractivity contribution is -0.124. The third-order valence-electron chi connectivity index (χ3n) is 3.93. The average molecular weight is 255 g/mol. The minimum atomic E-state index is -0.423. The third-order valence-corrected chi connectivity index (χ3v) is 3.93. The topological polar surface area (TPSA) is 58.4 Å². The summed E-state index contributed by atoms with van der Waals surface area (Å²) >= 11 is 0. The Morgan fingerprint density at radius 3 is 2.39 bits per heavy atom. The van der Waals surface area contributed by atoms with Gasteiger partial charge in [0.15, 0.2) is 0 Å². The van der Waals surface area contributed by atoms with Crippen molar-refractivity contribution in [3.05, 3.63) is 0 Å². The number of carbonyl (C=O) groups is 1. The van der Waals surface area contributed by atoms with E-state index in [2.05, 4.69) is 17.1 Å². The Labute approximate surface area is 111 Å². The zero-order valence-electron chi connectivity index (χ0n) is 12.3. The summed E-state index contributed by atoms with van der Waals surface area (Å²) in [5.41, 5.74) is 5.76. The number of amides is 1. The second-order valence-electron chi connectivity index (χ2n) is 6.47. The first-order valence-corrected chi connectivity index (χ1v) is 7.10. The molecule has 1 fully saturated rings. The van der Waals surface area contributed by atoms with E-state index in [0.717, 1.165) is 26.2 Å². The van der Waals surface area contributed by atoms with Crippen molar-refractivity contribution in [2.24, 2.45) is 17.1 Å². The van der Waals surface area contributed by atoms with Crippen molar-refractivity contribution in [1.82, 2.24) is 10.2 Å². The van der Waals surface area contributed by atoms with E-state index in [1.54, 1.807) is 0 Å². The van der Waals surface area contributed by atoms with Crippen LogP contribution in [0.25, 0.3) is 0 Å². The smallest absolute Gasteiger partial charge is 0.237 e. The zero-order valence-corrected chi connectivity index (χ0v) is 12.3. The Hall–Kier alpha value is -0.610. The molecule has 0 saturated carbocycles. The summed E-state index contributed by atoms with van der Waals surface area (Å²) in [5, 5.41) is 3.01. The molecule has 3 N–H and O–H groups in total. The van der Waals surface area contributed by atoms with Gasteiger partial charge in [-0.25, -0.2) is 0 Å². The molecule has 0 radical (unpaired) electrons. The number of likely N-dealkylation sites (tertiary alicyclic amines) is 1. The molecule has 4 nitrogen and oxygen atoms in total. The maximum Gasteiger partial charge on any atom is 0.237 e. The Morgan fingerprint density at radius 1 is 1.39 bits per heavy atom. The first-order chi connectivity index (χ1) is 8.34. The van der Waals surface area contributed by atoms with Gasteiger partial charge in [0.1, 0.15) is 0 Å². The summed E-state index contributed by atoms with van der Waals surface area (Å²) in [7, 11) is 0. The number of nitrogens with two attached hydrogens (primary N) is 1. The molecule has 1 saturated heterocycles. The van der Waals surface area contributed by atoms with Crippen LogP contribution in [0.3, 0.4) is 0 Å². The van der Waals surface area contributed by atoms with Crippen molar-refractivity contribution in [1.29, 1.82) is 0 Å². The molecular weight excluding hydrogens is 226 g/mol. The molecular formula is C14H29N3O. The number of hydrogen-bond donors (Lipinski definition) is 2. The van der Waals surface area contributed by atoms with Gasteiger partial charge in [-0.3, -0.25) is 4.79 Å². The van der Waals surface area contributed by atoms with Crippen molar-refractivity contribution in [3.63, 3.8) is 0 Å². The van der Waals surface area contributed by atoms with Crippen LogP contribution in [-0.2, 0) is 4.79 Å². The lowest BCUT2D eigenvalue weighted by Crippen LogP contribution is -2.50.